The second-order valence-corrected chi connectivity index (χ2v) is 10.1. The normalized spacial score (nSPS) is 15.2. The number of nitrogens with one attached hydrogen (secondary N) is 1. The van der Waals surface area contributed by atoms with Crippen LogP contribution < -0.4 is 10.1 Å². The monoisotopic (exact) mass is 472 g/mol. The zero-order valence-corrected chi connectivity index (χ0v) is 19.3. The third kappa shape index (κ3) is 4.82. The topological polar surface area (TPSA) is 101 Å². The first-order valence-electron chi connectivity index (χ1n) is 10.4. The minimum Gasteiger partial charge on any atom is -0.496 e. The summed E-state index contributed by atoms with van der Waals surface area (Å²) in [4.78, 5) is 17.4. The van der Waals surface area contributed by atoms with Crippen molar-refractivity contribution in [1.29, 1.82) is 0 Å². The molecular weight excluding hydrogens is 448 g/mol. The predicted octanol–water partition coefficient (Wildman–Crippen LogP) is 4.03. The molecule has 1 fully saturated rings. The third-order valence-corrected chi connectivity index (χ3v) is 7.82. The summed E-state index contributed by atoms with van der Waals surface area (Å²) in [6.45, 7) is 0.978. The number of aromatic nitrogens is 2. The lowest BCUT2D eigenvalue weighted by atomic mass is 10.2. The maximum Gasteiger partial charge on any atom is 0.261 e. The molecule has 0 radical (unpaired) electrons. The average Bonchev–Trinajstić information content (AvgIpc) is 3.10. The molecule has 0 aliphatic carbocycles. The molecule has 8 nitrogen and oxygen atoms in total. The number of carbonyl (C=O) groups excluding carboxylic acids is 1. The maximum atomic E-state index is 13.2. The van der Waals surface area contributed by atoms with Crippen molar-refractivity contribution in [2.45, 2.75) is 30.6 Å². The van der Waals surface area contributed by atoms with Gasteiger partial charge in [-0.3, -0.25) is 10.1 Å². The fourth-order valence-corrected chi connectivity index (χ4v) is 5.73. The standard InChI is InChI=1S/C22H24N4O4S2/c1-30-19-12-11-17(32(28,29)26-13-7-2-3-8-14-26)15-18(19)21(27)24-22-23-20(25-31-22)16-9-5-4-6-10-16/h4-6,9-12,15H,2-3,7-8,13-14H2,1H3,(H,23,24,25,27). The van der Waals surface area contributed by atoms with Crippen molar-refractivity contribution in [3.05, 3.63) is 54.1 Å². The molecule has 1 amide bonds. The summed E-state index contributed by atoms with van der Waals surface area (Å²) in [7, 11) is -2.26. The molecule has 0 unspecified atom stereocenters. The molecule has 32 heavy (non-hydrogen) atoms. The summed E-state index contributed by atoms with van der Waals surface area (Å²) in [5.74, 6) is 0.283. The summed E-state index contributed by atoms with van der Waals surface area (Å²) in [5.41, 5.74) is 0.965. The van der Waals surface area contributed by atoms with Crippen LogP contribution in [0, 0.1) is 0 Å². The van der Waals surface area contributed by atoms with E-state index in [2.05, 4.69) is 14.7 Å². The Labute approximate surface area is 191 Å². The first-order valence-corrected chi connectivity index (χ1v) is 12.6. The van der Waals surface area contributed by atoms with Gasteiger partial charge in [-0.2, -0.15) is 13.7 Å². The number of anilines is 1. The van der Waals surface area contributed by atoms with Gasteiger partial charge < -0.3 is 4.74 Å². The Hall–Kier alpha value is -2.82. The Kier molecular flexibility index (Phi) is 6.83. The lowest BCUT2D eigenvalue weighted by molar-refractivity contribution is 0.102. The second kappa shape index (κ2) is 9.76. The van der Waals surface area contributed by atoms with E-state index in [1.165, 1.54) is 29.6 Å². The number of hydrogen-bond acceptors (Lipinski definition) is 7. The van der Waals surface area contributed by atoms with Gasteiger partial charge in [-0.15, -0.1) is 0 Å². The molecule has 4 rings (SSSR count). The van der Waals surface area contributed by atoms with Crippen LogP contribution >= 0.6 is 11.5 Å². The van der Waals surface area contributed by atoms with Gasteiger partial charge in [-0.05, 0) is 31.0 Å². The quantitative estimate of drug-likeness (QED) is 0.581. The van der Waals surface area contributed by atoms with Crippen LogP contribution in [0.15, 0.2) is 53.4 Å². The van der Waals surface area contributed by atoms with Gasteiger partial charge in [0.25, 0.3) is 5.91 Å². The summed E-state index contributed by atoms with van der Waals surface area (Å²) in [5, 5.41) is 3.03. The van der Waals surface area contributed by atoms with E-state index in [0.717, 1.165) is 42.8 Å². The number of sulfonamides is 1. The fourth-order valence-electron chi connectivity index (χ4n) is 3.60. The van der Waals surface area contributed by atoms with Crippen LogP contribution in [0.4, 0.5) is 5.13 Å². The van der Waals surface area contributed by atoms with Crippen LogP contribution in [0.2, 0.25) is 0 Å². The molecule has 0 atom stereocenters. The second-order valence-electron chi connectivity index (χ2n) is 7.42. The lowest BCUT2D eigenvalue weighted by Gasteiger charge is -2.20. The van der Waals surface area contributed by atoms with E-state index < -0.39 is 15.9 Å². The Morgan fingerprint density at radius 3 is 2.47 bits per heavy atom. The van der Waals surface area contributed by atoms with Gasteiger partial charge in [0.05, 0.1) is 17.6 Å². The van der Waals surface area contributed by atoms with Crippen molar-refractivity contribution >= 4 is 32.6 Å². The van der Waals surface area contributed by atoms with Crippen LogP contribution in [-0.2, 0) is 10.0 Å². The molecule has 168 valence electrons. The summed E-state index contributed by atoms with van der Waals surface area (Å²) >= 11 is 1.06. The highest BCUT2D eigenvalue weighted by Crippen LogP contribution is 2.28. The zero-order chi connectivity index (χ0) is 22.6. The summed E-state index contributed by atoms with van der Waals surface area (Å²) in [6, 6.07) is 13.8. The van der Waals surface area contributed by atoms with Crippen molar-refractivity contribution in [3.8, 4) is 17.1 Å². The molecule has 1 aliphatic rings. The van der Waals surface area contributed by atoms with E-state index in [4.69, 9.17) is 4.74 Å². The number of rotatable bonds is 6. The summed E-state index contributed by atoms with van der Waals surface area (Å²) in [6.07, 6.45) is 3.72. The Balaban J connectivity index is 1.59. The maximum absolute atomic E-state index is 13.2. The molecule has 1 saturated heterocycles. The van der Waals surface area contributed by atoms with Crippen molar-refractivity contribution in [3.63, 3.8) is 0 Å². The van der Waals surface area contributed by atoms with Gasteiger partial charge in [0.2, 0.25) is 15.2 Å². The number of amides is 1. The summed E-state index contributed by atoms with van der Waals surface area (Å²) < 4.78 is 37.4. The Morgan fingerprint density at radius 2 is 1.78 bits per heavy atom. The van der Waals surface area contributed by atoms with Gasteiger partial charge in [0, 0.05) is 30.2 Å². The highest BCUT2D eigenvalue weighted by molar-refractivity contribution is 7.89. The van der Waals surface area contributed by atoms with Crippen LogP contribution in [0.1, 0.15) is 36.0 Å². The van der Waals surface area contributed by atoms with Gasteiger partial charge >= 0.3 is 0 Å². The SMILES string of the molecule is COc1ccc(S(=O)(=O)N2CCCCCC2)cc1C(=O)Nc1nc(-c2ccccc2)ns1. The largest absolute Gasteiger partial charge is 0.496 e. The van der Waals surface area contributed by atoms with Gasteiger partial charge in [-0.1, -0.05) is 43.2 Å². The number of carbonyl (C=O) groups is 1. The van der Waals surface area contributed by atoms with Crippen LogP contribution in [0.3, 0.4) is 0 Å². The van der Waals surface area contributed by atoms with Gasteiger partial charge in [-0.25, -0.2) is 8.42 Å². The van der Waals surface area contributed by atoms with Crippen molar-refractivity contribution < 1.29 is 17.9 Å². The number of methoxy groups -OCH3 is 1. The molecular formula is C22H24N4O4S2. The smallest absolute Gasteiger partial charge is 0.261 e. The van der Waals surface area contributed by atoms with Crippen LogP contribution in [-0.4, -0.2) is 48.2 Å². The molecule has 2 heterocycles. The highest BCUT2D eigenvalue weighted by atomic mass is 32.2. The molecule has 1 aromatic heterocycles. The number of hydrogen-bond donors (Lipinski definition) is 1. The Morgan fingerprint density at radius 1 is 1.06 bits per heavy atom. The molecule has 0 saturated carbocycles. The van der Waals surface area contributed by atoms with Crippen molar-refractivity contribution in [1.82, 2.24) is 13.7 Å². The highest BCUT2D eigenvalue weighted by Gasteiger charge is 2.27. The van der Waals surface area contributed by atoms with E-state index in [-0.39, 0.29) is 16.2 Å². The zero-order valence-electron chi connectivity index (χ0n) is 17.7. The van der Waals surface area contributed by atoms with Gasteiger partial charge in [0.1, 0.15) is 5.75 Å². The average molecular weight is 473 g/mol. The van der Waals surface area contributed by atoms with Crippen molar-refractivity contribution in [2.75, 3.05) is 25.5 Å². The molecule has 1 N–H and O–H groups in total. The third-order valence-electron chi connectivity index (χ3n) is 5.30. The molecule has 0 bridgehead atoms. The van der Waals surface area contributed by atoms with E-state index >= 15 is 0 Å². The molecule has 1 aliphatic heterocycles. The van der Waals surface area contributed by atoms with Crippen LogP contribution in [0.25, 0.3) is 11.4 Å². The Bertz CT molecular complexity index is 1190. The first kappa shape index (κ1) is 22.4. The van der Waals surface area contributed by atoms with Crippen LogP contribution in [0.5, 0.6) is 5.75 Å². The number of nitrogens with zero attached hydrogens (tertiary/aromatic N) is 3. The number of ether oxygens (including phenoxy) is 1. The number of benzene rings is 2. The first-order chi connectivity index (χ1) is 15.5. The molecule has 0 spiro atoms. The van der Waals surface area contributed by atoms with E-state index in [1.807, 2.05) is 30.3 Å². The molecule has 10 heteroatoms. The fraction of sp³-hybridized carbons (Fsp3) is 0.318. The van der Waals surface area contributed by atoms with E-state index in [0.29, 0.717) is 24.0 Å². The lowest BCUT2D eigenvalue weighted by Crippen LogP contribution is -2.32. The van der Waals surface area contributed by atoms with E-state index in [9.17, 15) is 13.2 Å². The minimum absolute atomic E-state index is 0.0765. The molecule has 3 aromatic rings. The minimum atomic E-state index is -3.70. The van der Waals surface area contributed by atoms with Gasteiger partial charge in [0.15, 0.2) is 5.82 Å². The van der Waals surface area contributed by atoms with E-state index in [1.54, 1.807) is 0 Å². The predicted molar refractivity (Wildman–Crippen MR) is 124 cm³/mol. The molecule has 2 aromatic carbocycles. The van der Waals surface area contributed by atoms with Crippen molar-refractivity contribution in [2.24, 2.45) is 0 Å².